The summed E-state index contributed by atoms with van der Waals surface area (Å²) in [7, 11) is 1.98. The Morgan fingerprint density at radius 1 is 1.25 bits per heavy atom. The van der Waals surface area contributed by atoms with Crippen LogP contribution in [0.15, 0.2) is 40.9 Å². The summed E-state index contributed by atoms with van der Waals surface area (Å²) in [6.45, 7) is 6.30. The van der Waals surface area contributed by atoms with Crippen molar-refractivity contribution in [2.45, 2.75) is 25.8 Å². The van der Waals surface area contributed by atoms with E-state index in [-0.39, 0.29) is 24.4 Å². The van der Waals surface area contributed by atoms with Crippen LogP contribution >= 0.6 is 11.3 Å². The molecule has 0 aliphatic carbocycles. The van der Waals surface area contributed by atoms with Gasteiger partial charge in [-0.05, 0) is 23.6 Å². The van der Waals surface area contributed by atoms with Gasteiger partial charge in [0, 0.05) is 58.0 Å². The van der Waals surface area contributed by atoms with Crippen molar-refractivity contribution in [3.8, 4) is 0 Å². The van der Waals surface area contributed by atoms with Crippen molar-refractivity contribution in [2.24, 2.45) is 12.1 Å². The first-order valence-corrected chi connectivity index (χ1v) is 12.1. The maximum absolute atomic E-state index is 13.4. The van der Waals surface area contributed by atoms with Gasteiger partial charge in [-0.3, -0.25) is 14.5 Å². The first kappa shape index (κ1) is 22.7. The molecule has 2 aliphatic heterocycles. The Kier molecular flexibility index (Phi) is 7.39. The monoisotopic (exact) mass is 457 g/mol. The van der Waals surface area contributed by atoms with Crippen LogP contribution in [-0.2, 0) is 21.4 Å². The van der Waals surface area contributed by atoms with E-state index in [0.717, 1.165) is 35.9 Å². The summed E-state index contributed by atoms with van der Waals surface area (Å²) in [6, 6.07) is 7.88. The molecule has 8 nitrogen and oxygen atoms in total. The van der Waals surface area contributed by atoms with E-state index < -0.39 is 0 Å². The van der Waals surface area contributed by atoms with Crippen LogP contribution in [0, 0.1) is 0 Å². The summed E-state index contributed by atoms with van der Waals surface area (Å²) in [4.78, 5) is 31.1. The van der Waals surface area contributed by atoms with Gasteiger partial charge in [0.2, 0.25) is 5.91 Å². The first-order chi connectivity index (χ1) is 15.6. The van der Waals surface area contributed by atoms with Gasteiger partial charge >= 0.3 is 0 Å². The number of carbonyl (C=O) groups is 2. The summed E-state index contributed by atoms with van der Waals surface area (Å²) >= 11 is 1.63. The Labute approximate surface area is 193 Å². The summed E-state index contributed by atoms with van der Waals surface area (Å²) in [6.07, 6.45) is 3.03. The normalized spacial score (nSPS) is 19.2. The lowest BCUT2D eigenvalue weighted by atomic mass is 10.1. The Hall–Kier alpha value is -2.49. The number of hydrazone groups is 1. The number of thiophene rings is 1. The molecule has 4 heterocycles. The van der Waals surface area contributed by atoms with Crippen LogP contribution in [0.1, 0.15) is 36.4 Å². The highest BCUT2D eigenvalue weighted by molar-refractivity contribution is 7.12. The highest BCUT2D eigenvalue weighted by Crippen LogP contribution is 2.33. The van der Waals surface area contributed by atoms with Crippen LogP contribution in [-0.4, -0.2) is 82.8 Å². The molecule has 0 N–H and O–H groups in total. The first-order valence-electron chi connectivity index (χ1n) is 11.2. The summed E-state index contributed by atoms with van der Waals surface area (Å²) < 4.78 is 7.44. The molecule has 0 saturated carbocycles. The van der Waals surface area contributed by atoms with Gasteiger partial charge in [0.1, 0.15) is 12.6 Å². The largest absolute Gasteiger partial charge is 0.379 e. The molecule has 0 radical (unpaired) electrons. The average molecular weight is 458 g/mol. The van der Waals surface area contributed by atoms with Gasteiger partial charge in [-0.2, -0.15) is 5.10 Å². The molecule has 1 fully saturated rings. The number of morpholine rings is 1. The van der Waals surface area contributed by atoms with Crippen molar-refractivity contribution in [3.63, 3.8) is 0 Å². The van der Waals surface area contributed by atoms with Gasteiger partial charge in [-0.25, -0.2) is 5.01 Å². The van der Waals surface area contributed by atoms with Crippen molar-refractivity contribution in [3.05, 3.63) is 46.4 Å². The van der Waals surface area contributed by atoms with Crippen LogP contribution in [0.2, 0.25) is 0 Å². The second-order valence-electron chi connectivity index (χ2n) is 8.15. The third-order valence-electron chi connectivity index (χ3n) is 6.07. The van der Waals surface area contributed by atoms with Crippen LogP contribution < -0.4 is 0 Å². The highest BCUT2D eigenvalue weighted by atomic mass is 32.1. The number of rotatable bonds is 8. The fraction of sp³-hybridized carbons (Fsp3) is 0.522. The number of nitrogens with zero attached hydrogens (tertiary/aromatic N) is 5. The number of carbonyl (C=O) groups excluding carboxylic acids is 2. The second kappa shape index (κ2) is 10.4. The zero-order chi connectivity index (χ0) is 22.5. The smallest absolute Gasteiger partial charge is 0.262 e. The molecule has 2 amide bonds. The fourth-order valence-corrected chi connectivity index (χ4v) is 4.94. The number of ether oxygens (including phenoxy) is 1. The van der Waals surface area contributed by atoms with Crippen molar-refractivity contribution >= 4 is 28.9 Å². The molecule has 2 aliphatic rings. The third-order valence-corrected chi connectivity index (χ3v) is 6.99. The van der Waals surface area contributed by atoms with E-state index in [4.69, 9.17) is 9.84 Å². The van der Waals surface area contributed by atoms with Crippen LogP contribution in [0.3, 0.4) is 0 Å². The number of hydrogen-bond acceptors (Lipinski definition) is 6. The predicted molar refractivity (Wildman–Crippen MR) is 125 cm³/mol. The van der Waals surface area contributed by atoms with E-state index in [2.05, 4.69) is 4.90 Å². The van der Waals surface area contributed by atoms with Crippen molar-refractivity contribution in [1.29, 1.82) is 0 Å². The molecule has 1 atom stereocenters. The maximum atomic E-state index is 13.4. The lowest BCUT2D eigenvalue weighted by Crippen LogP contribution is -2.46. The van der Waals surface area contributed by atoms with Gasteiger partial charge in [-0.1, -0.05) is 13.0 Å². The number of amides is 2. The molecular formula is C23H31N5O3S. The van der Waals surface area contributed by atoms with E-state index in [0.29, 0.717) is 32.6 Å². The fourth-order valence-electron chi connectivity index (χ4n) is 4.22. The van der Waals surface area contributed by atoms with Crippen LogP contribution in [0.25, 0.3) is 0 Å². The SMILES string of the molecule is CCC(=O)N(CCN1CCOCC1)CC(=O)N1N=C(c2cccs2)C[C@H]1c1cccn1C. The second-order valence-corrected chi connectivity index (χ2v) is 9.10. The van der Waals surface area contributed by atoms with E-state index in [1.54, 1.807) is 21.2 Å². The molecule has 0 bridgehead atoms. The van der Waals surface area contributed by atoms with Gasteiger partial charge in [0.05, 0.1) is 23.8 Å². The van der Waals surface area contributed by atoms with Gasteiger partial charge in [0.15, 0.2) is 0 Å². The minimum absolute atomic E-state index is 0.0105. The van der Waals surface area contributed by atoms with E-state index in [9.17, 15) is 9.59 Å². The molecule has 0 aromatic carbocycles. The molecule has 4 rings (SSSR count). The van der Waals surface area contributed by atoms with Crippen LogP contribution in [0.5, 0.6) is 0 Å². The summed E-state index contributed by atoms with van der Waals surface area (Å²) in [5.74, 6) is -0.157. The topological polar surface area (TPSA) is 70.4 Å². The van der Waals surface area contributed by atoms with Gasteiger partial charge in [-0.15, -0.1) is 11.3 Å². The molecule has 1 saturated heterocycles. The Morgan fingerprint density at radius 2 is 2.06 bits per heavy atom. The number of hydrogen-bond donors (Lipinski definition) is 0. The van der Waals surface area contributed by atoms with Gasteiger partial charge < -0.3 is 14.2 Å². The third kappa shape index (κ3) is 5.11. The maximum Gasteiger partial charge on any atom is 0.262 e. The molecular weight excluding hydrogens is 426 g/mol. The Bertz CT molecular complexity index is 949. The zero-order valence-electron chi connectivity index (χ0n) is 18.8. The molecule has 32 heavy (non-hydrogen) atoms. The Balaban J connectivity index is 1.50. The zero-order valence-corrected chi connectivity index (χ0v) is 19.6. The lowest BCUT2D eigenvalue weighted by Gasteiger charge is -2.31. The number of aryl methyl sites for hydroxylation is 1. The Morgan fingerprint density at radius 3 is 2.72 bits per heavy atom. The standard InChI is InChI=1S/C23H31N5O3S/c1-3-22(29)27(10-9-26-11-13-31-14-12-26)17-23(30)28-20(19-6-4-8-25(19)2)16-18(24-28)21-7-5-15-32-21/h4-8,15,20H,3,9-14,16-17H2,1-2H3/t20-/m0/s1. The molecule has 0 unspecified atom stereocenters. The molecule has 9 heteroatoms. The van der Waals surface area contributed by atoms with Crippen molar-refractivity contribution in [2.75, 3.05) is 45.9 Å². The van der Waals surface area contributed by atoms with E-state index in [1.807, 2.05) is 54.4 Å². The van der Waals surface area contributed by atoms with E-state index in [1.165, 1.54) is 0 Å². The highest BCUT2D eigenvalue weighted by Gasteiger charge is 2.35. The predicted octanol–water partition coefficient (Wildman–Crippen LogP) is 2.34. The number of aromatic nitrogens is 1. The summed E-state index contributed by atoms with van der Waals surface area (Å²) in [5, 5.41) is 8.34. The molecule has 2 aromatic heterocycles. The molecule has 2 aromatic rings. The minimum Gasteiger partial charge on any atom is -0.379 e. The van der Waals surface area contributed by atoms with Crippen molar-refractivity contribution in [1.82, 2.24) is 19.4 Å². The van der Waals surface area contributed by atoms with Crippen LogP contribution in [0.4, 0.5) is 0 Å². The summed E-state index contributed by atoms with van der Waals surface area (Å²) in [5.41, 5.74) is 1.96. The quantitative estimate of drug-likeness (QED) is 0.610. The van der Waals surface area contributed by atoms with E-state index >= 15 is 0 Å². The van der Waals surface area contributed by atoms with Crippen molar-refractivity contribution < 1.29 is 14.3 Å². The minimum atomic E-state index is -0.169. The molecule has 0 spiro atoms. The van der Waals surface area contributed by atoms with Gasteiger partial charge in [0.25, 0.3) is 5.91 Å². The average Bonchev–Trinajstić information content (AvgIpc) is 3.56. The molecule has 172 valence electrons. The lowest BCUT2D eigenvalue weighted by molar-refractivity contribution is -0.141.